The van der Waals surface area contributed by atoms with Crippen molar-refractivity contribution in [1.29, 1.82) is 0 Å². The van der Waals surface area contributed by atoms with Crippen molar-refractivity contribution in [3.05, 3.63) is 64.0 Å². The Labute approximate surface area is 134 Å². The molecule has 0 atom stereocenters. The highest BCUT2D eigenvalue weighted by Crippen LogP contribution is 2.34. The van der Waals surface area contributed by atoms with E-state index in [4.69, 9.17) is 28.3 Å². The van der Waals surface area contributed by atoms with Gasteiger partial charge < -0.3 is 5.11 Å². The van der Waals surface area contributed by atoms with Crippen LogP contribution in [0.4, 0.5) is 4.39 Å². The number of aromatic nitrogens is 1. The van der Waals surface area contributed by atoms with Gasteiger partial charge in [-0.05, 0) is 30.3 Å². The molecule has 0 spiro atoms. The maximum absolute atomic E-state index is 14.1. The van der Waals surface area contributed by atoms with Gasteiger partial charge in [-0.1, -0.05) is 29.3 Å². The van der Waals surface area contributed by atoms with Crippen LogP contribution in [-0.4, -0.2) is 16.1 Å². The second-order valence-corrected chi connectivity index (χ2v) is 5.49. The number of halogens is 3. The highest BCUT2D eigenvalue weighted by molar-refractivity contribution is 6.36. The number of aromatic carboxylic acids is 1. The van der Waals surface area contributed by atoms with Gasteiger partial charge in [0.1, 0.15) is 5.82 Å². The van der Waals surface area contributed by atoms with Gasteiger partial charge in [0.15, 0.2) is 0 Å². The molecule has 3 aromatic rings. The molecule has 3 nitrogen and oxygen atoms in total. The summed E-state index contributed by atoms with van der Waals surface area (Å²) in [5.74, 6) is -1.58. The average molecular weight is 336 g/mol. The zero-order chi connectivity index (χ0) is 15.9. The van der Waals surface area contributed by atoms with Gasteiger partial charge in [-0.25, -0.2) is 9.18 Å². The number of pyridine rings is 1. The van der Waals surface area contributed by atoms with Gasteiger partial charge in [0, 0.05) is 27.6 Å². The van der Waals surface area contributed by atoms with E-state index in [1.807, 2.05) is 0 Å². The van der Waals surface area contributed by atoms with Crippen molar-refractivity contribution < 1.29 is 14.3 Å². The SMILES string of the molecule is O=C(O)c1ccc2c(Cl)cnc(-c3cc(Cl)ccc3F)c2c1. The summed E-state index contributed by atoms with van der Waals surface area (Å²) < 4.78 is 14.1. The highest BCUT2D eigenvalue weighted by Gasteiger charge is 2.15. The van der Waals surface area contributed by atoms with Crippen molar-refractivity contribution >= 4 is 39.9 Å². The molecule has 0 radical (unpaired) electrons. The molecule has 6 heteroatoms. The molecule has 2 aromatic carbocycles. The lowest BCUT2D eigenvalue weighted by Crippen LogP contribution is -1.97. The molecule has 22 heavy (non-hydrogen) atoms. The van der Waals surface area contributed by atoms with Gasteiger partial charge in [-0.15, -0.1) is 0 Å². The van der Waals surface area contributed by atoms with E-state index in [0.29, 0.717) is 26.5 Å². The first kappa shape index (κ1) is 14.8. The Morgan fingerprint density at radius 1 is 1.09 bits per heavy atom. The first-order chi connectivity index (χ1) is 10.5. The van der Waals surface area contributed by atoms with Crippen LogP contribution in [0.15, 0.2) is 42.6 Å². The molecule has 0 fully saturated rings. The molecule has 1 aromatic heterocycles. The van der Waals surface area contributed by atoms with Crippen LogP contribution in [0.1, 0.15) is 10.4 Å². The smallest absolute Gasteiger partial charge is 0.335 e. The topological polar surface area (TPSA) is 50.2 Å². The molecule has 0 aliphatic rings. The van der Waals surface area contributed by atoms with E-state index in [2.05, 4.69) is 4.98 Å². The first-order valence-electron chi connectivity index (χ1n) is 6.24. The summed E-state index contributed by atoms with van der Waals surface area (Å²) in [5, 5.41) is 10.9. The highest BCUT2D eigenvalue weighted by atomic mass is 35.5. The lowest BCUT2D eigenvalue weighted by atomic mass is 10.0. The molecule has 110 valence electrons. The van der Waals surface area contributed by atoms with Gasteiger partial charge in [0.25, 0.3) is 0 Å². The zero-order valence-corrected chi connectivity index (χ0v) is 12.5. The van der Waals surface area contributed by atoms with Gasteiger partial charge >= 0.3 is 5.97 Å². The second kappa shape index (κ2) is 5.55. The quantitative estimate of drug-likeness (QED) is 0.713. The fourth-order valence-electron chi connectivity index (χ4n) is 2.24. The van der Waals surface area contributed by atoms with Crippen molar-refractivity contribution in [3.8, 4) is 11.3 Å². The molecular weight excluding hydrogens is 328 g/mol. The lowest BCUT2D eigenvalue weighted by Gasteiger charge is -2.09. The van der Waals surface area contributed by atoms with Crippen LogP contribution >= 0.6 is 23.2 Å². The Balaban J connectivity index is 2.38. The maximum atomic E-state index is 14.1. The van der Waals surface area contributed by atoms with Crippen LogP contribution in [-0.2, 0) is 0 Å². The molecule has 0 aliphatic carbocycles. The Morgan fingerprint density at radius 3 is 2.59 bits per heavy atom. The Bertz CT molecular complexity index is 912. The summed E-state index contributed by atoms with van der Waals surface area (Å²) in [6.07, 6.45) is 1.40. The fourth-order valence-corrected chi connectivity index (χ4v) is 2.62. The Morgan fingerprint density at radius 2 is 1.86 bits per heavy atom. The van der Waals surface area contributed by atoms with Crippen molar-refractivity contribution in [3.63, 3.8) is 0 Å². The number of rotatable bonds is 2. The molecule has 0 bridgehead atoms. The Kier molecular flexibility index (Phi) is 3.72. The maximum Gasteiger partial charge on any atom is 0.335 e. The van der Waals surface area contributed by atoms with Crippen LogP contribution in [0.3, 0.4) is 0 Å². The summed E-state index contributed by atoms with van der Waals surface area (Å²) >= 11 is 12.0. The second-order valence-electron chi connectivity index (χ2n) is 4.64. The van der Waals surface area contributed by atoms with Crippen molar-refractivity contribution in [2.45, 2.75) is 0 Å². The van der Waals surface area contributed by atoms with Gasteiger partial charge in [-0.2, -0.15) is 0 Å². The minimum atomic E-state index is -1.08. The molecule has 3 rings (SSSR count). The van der Waals surface area contributed by atoms with Crippen molar-refractivity contribution in [2.24, 2.45) is 0 Å². The molecule has 0 saturated heterocycles. The van der Waals surface area contributed by atoms with E-state index < -0.39 is 11.8 Å². The molecule has 1 N–H and O–H groups in total. The number of nitrogens with zero attached hydrogens (tertiary/aromatic N) is 1. The third-order valence-electron chi connectivity index (χ3n) is 3.27. The Hall–Kier alpha value is -2.17. The summed E-state index contributed by atoms with van der Waals surface area (Å²) in [4.78, 5) is 15.3. The van der Waals surface area contributed by atoms with Gasteiger partial charge in [-0.3, -0.25) is 4.98 Å². The molecule has 0 aliphatic heterocycles. The first-order valence-corrected chi connectivity index (χ1v) is 7.00. The van der Waals surface area contributed by atoms with Crippen LogP contribution in [0, 0.1) is 5.82 Å². The third-order valence-corrected chi connectivity index (χ3v) is 3.81. The van der Waals surface area contributed by atoms with Crippen molar-refractivity contribution in [2.75, 3.05) is 0 Å². The number of carboxylic acid groups (broad SMARTS) is 1. The minimum absolute atomic E-state index is 0.0697. The third kappa shape index (κ3) is 2.51. The van der Waals surface area contributed by atoms with E-state index in [1.54, 1.807) is 6.07 Å². The minimum Gasteiger partial charge on any atom is -0.478 e. The van der Waals surface area contributed by atoms with Crippen LogP contribution in [0.2, 0.25) is 10.0 Å². The molecule has 0 saturated carbocycles. The largest absolute Gasteiger partial charge is 0.478 e. The number of hydrogen-bond donors (Lipinski definition) is 1. The van der Waals surface area contributed by atoms with E-state index >= 15 is 0 Å². The normalized spacial score (nSPS) is 10.9. The van der Waals surface area contributed by atoms with E-state index in [9.17, 15) is 9.18 Å². The number of carbonyl (C=O) groups is 1. The molecule has 0 amide bonds. The summed E-state index contributed by atoms with van der Waals surface area (Å²) in [6.45, 7) is 0. The predicted molar refractivity (Wildman–Crippen MR) is 84.1 cm³/mol. The summed E-state index contributed by atoms with van der Waals surface area (Å²) in [5.41, 5.74) is 0.555. The number of carboxylic acids is 1. The number of benzene rings is 2. The van der Waals surface area contributed by atoms with Crippen molar-refractivity contribution in [1.82, 2.24) is 4.98 Å². The molecule has 0 unspecified atom stereocenters. The fraction of sp³-hybridized carbons (Fsp3) is 0. The van der Waals surface area contributed by atoms with Crippen LogP contribution in [0.25, 0.3) is 22.0 Å². The van der Waals surface area contributed by atoms with Gasteiger partial charge in [0.05, 0.1) is 16.3 Å². The average Bonchev–Trinajstić information content (AvgIpc) is 2.50. The van der Waals surface area contributed by atoms with Crippen LogP contribution in [0.5, 0.6) is 0 Å². The predicted octanol–water partition coefficient (Wildman–Crippen LogP) is 5.05. The molecular formula is C16H8Cl2FNO2. The standard InChI is InChI=1S/C16H8Cl2FNO2/c17-9-2-4-14(19)12(6-9)15-11-5-8(16(21)22)1-3-10(11)13(18)7-20-15/h1-7H,(H,21,22). The van der Waals surface area contributed by atoms with E-state index in [-0.39, 0.29) is 11.1 Å². The summed E-state index contributed by atoms with van der Waals surface area (Å²) in [6, 6.07) is 8.55. The van der Waals surface area contributed by atoms with E-state index in [0.717, 1.165) is 0 Å². The lowest BCUT2D eigenvalue weighted by molar-refractivity contribution is 0.0697. The van der Waals surface area contributed by atoms with Gasteiger partial charge in [0.2, 0.25) is 0 Å². The molecule has 1 heterocycles. The van der Waals surface area contributed by atoms with Crippen LogP contribution < -0.4 is 0 Å². The number of fused-ring (bicyclic) bond motifs is 1. The number of hydrogen-bond acceptors (Lipinski definition) is 2. The van der Waals surface area contributed by atoms with E-state index in [1.165, 1.54) is 36.5 Å². The summed E-state index contributed by atoms with van der Waals surface area (Å²) in [7, 11) is 0. The zero-order valence-electron chi connectivity index (χ0n) is 11.0. The monoisotopic (exact) mass is 335 g/mol.